The molecular formula is C28H37P3. The van der Waals surface area contributed by atoms with Gasteiger partial charge in [0, 0.05) is 0 Å². The molecule has 3 heteroatoms. The SMILES string of the molecule is CCP(CC)CCCP(CCCP(c1ccccc1)c1ccccc1)c1ccccc1. The normalized spacial score (nSPS) is 12.4. The van der Waals surface area contributed by atoms with Crippen molar-refractivity contribution in [1.82, 2.24) is 0 Å². The van der Waals surface area contributed by atoms with Crippen LogP contribution in [0, 0.1) is 0 Å². The zero-order chi connectivity index (χ0) is 21.7. The molecule has 0 aliphatic rings. The quantitative estimate of drug-likeness (QED) is 0.233. The van der Waals surface area contributed by atoms with Crippen LogP contribution in [0.15, 0.2) is 91.0 Å². The lowest BCUT2D eigenvalue weighted by atomic mass is 10.4. The van der Waals surface area contributed by atoms with Gasteiger partial charge in [-0.3, -0.25) is 0 Å². The smallest absolute Gasteiger partial charge is 0.0195 e. The Labute approximate surface area is 194 Å². The van der Waals surface area contributed by atoms with Gasteiger partial charge in [0.05, 0.1) is 0 Å². The van der Waals surface area contributed by atoms with Crippen LogP contribution in [0.2, 0.25) is 0 Å². The molecule has 0 nitrogen and oxygen atoms in total. The van der Waals surface area contributed by atoms with E-state index in [0.29, 0.717) is 0 Å². The van der Waals surface area contributed by atoms with Crippen LogP contribution in [0.1, 0.15) is 26.7 Å². The van der Waals surface area contributed by atoms with Crippen LogP contribution in [0.25, 0.3) is 0 Å². The van der Waals surface area contributed by atoms with Crippen LogP contribution in [-0.4, -0.2) is 37.0 Å². The molecule has 1 unspecified atom stereocenters. The summed E-state index contributed by atoms with van der Waals surface area (Å²) in [6.45, 7) is 4.76. The highest BCUT2D eigenvalue weighted by Crippen LogP contribution is 2.42. The fourth-order valence-corrected chi connectivity index (χ4v) is 11.0. The minimum atomic E-state index is -0.265. The Morgan fingerprint density at radius 1 is 0.484 bits per heavy atom. The van der Waals surface area contributed by atoms with Crippen molar-refractivity contribution in [3.8, 4) is 0 Å². The molecule has 3 rings (SSSR count). The Bertz CT molecular complexity index is 792. The maximum Gasteiger partial charge on any atom is -0.0195 e. The molecule has 0 fully saturated rings. The number of benzene rings is 3. The van der Waals surface area contributed by atoms with Gasteiger partial charge in [-0.25, -0.2) is 0 Å². The molecule has 0 saturated heterocycles. The molecular weight excluding hydrogens is 429 g/mol. The number of rotatable bonds is 13. The van der Waals surface area contributed by atoms with Crippen molar-refractivity contribution in [3.05, 3.63) is 91.0 Å². The first-order valence-corrected chi connectivity index (χ1v) is 16.9. The van der Waals surface area contributed by atoms with Crippen molar-refractivity contribution in [1.29, 1.82) is 0 Å². The van der Waals surface area contributed by atoms with Gasteiger partial charge in [-0.15, -0.1) is 7.92 Å². The van der Waals surface area contributed by atoms with E-state index >= 15 is 0 Å². The van der Waals surface area contributed by atoms with Crippen LogP contribution < -0.4 is 15.9 Å². The minimum absolute atomic E-state index is 0.0442. The van der Waals surface area contributed by atoms with Crippen LogP contribution in [0.5, 0.6) is 0 Å². The van der Waals surface area contributed by atoms with Crippen molar-refractivity contribution < 1.29 is 0 Å². The second kappa shape index (κ2) is 14.2. The molecule has 0 bridgehead atoms. The average Bonchev–Trinajstić information content (AvgIpc) is 2.85. The summed E-state index contributed by atoms with van der Waals surface area (Å²) < 4.78 is 0. The van der Waals surface area contributed by atoms with Gasteiger partial charge in [-0.05, 0) is 73.6 Å². The number of hydrogen-bond donors (Lipinski definition) is 0. The Morgan fingerprint density at radius 2 is 0.903 bits per heavy atom. The van der Waals surface area contributed by atoms with Crippen LogP contribution in [0.3, 0.4) is 0 Å². The van der Waals surface area contributed by atoms with Gasteiger partial charge in [0.25, 0.3) is 0 Å². The largest absolute Gasteiger partial charge is 0.107 e. The summed E-state index contributed by atoms with van der Waals surface area (Å²) in [6.07, 6.45) is 11.1. The van der Waals surface area contributed by atoms with E-state index < -0.39 is 0 Å². The molecule has 0 saturated carbocycles. The fraction of sp³-hybridized carbons (Fsp3) is 0.357. The van der Waals surface area contributed by atoms with E-state index in [4.69, 9.17) is 0 Å². The summed E-state index contributed by atoms with van der Waals surface area (Å²) in [5.74, 6) is 0. The predicted molar refractivity (Wildman–Crippen MR) is 149 cm³/mol. The molecule has 3 aromatic carbocycles. The summed E-state index contributed by atoms with van der Waals surface area (Å²) in [4.78, 5) is 0. The monoisotopic (exact) mass is 466 g/mol. The van der Waals surface area contributed by atoms with Crippen LogP contribution in [-0.2, 0) is 0 Å². The van der Waals surface area contributed by atoms with E-state index in [-0.39, 0.29) is 23.8 Å². The Balaban J connectivity index is 1.65. The molecule has 3 aromatic rings. The third-order valence-corrected chi connectivity index (χ3v) is 13.9. The van der Waals surface area contributed by atoms with Crippen molar-refractivity contribution in [2.75, 3.05) is 37.0 Å². The van der Waals surface area contributed by atoms with Crippen LogP contribution >= 0.6 is 23.8 Å². The van der Waals surface area contributed by atoms with Gasteiger partial charge in [0.15, 0.2) is 0 Å². The predicted octanol–water partition coefficient (Wildman–Crippen LogP) is 7.23. The summed E-state index contributed by atoms with van der Waals surface area (Å²) in [6, 6.07) is 33.8. The van der Waals surface area contributed by atoms with Crippen molar-refractivity contribution in [3.63, 3.8) is 0 Å². The van der Waals surface area contributed by atoms with Crippen LogP contribution in [0.4, 0.5) is 0 Å². The zero-order valence-electron chi connectivity index (χ0n) is 19.2. The molecule has 0 aromatic heterocycles. The van der Waals surface area contributed by atoms with Crippen molar-refractivity contribution in [2.24, 2.45) is 0 Å². The summed E-state index contributed by atoms with van der Waals surface area (Å²) in [5, 5.41) is 4.65. The highest BCUT2D eigenvalue weighted by molar-refractivity contribution is 7.73. The van der Waals surface area contributed by atoms with Gasteiger partial charge in [0.2, 0.25) is 0 Å². The van der Waals surface area contributed by atoms with E-state index in [9.17, 15) is 0 Å². The maximum atomic E-state index is 2.38. The van der Waals surface area contributed by atoms with E-state index in [2.05, 4.69) is 105 Å². The second-order valence-corrected chi connectivity index (χ2v) is 15.8. The Hall–Kier alpha value is -1.05. The topological polar surface area (TPSA) is 0 Å². The first-order chi connectivity index (χ1) is 15.3. The van der Waals surface area contributed by atoms with Gasteiger partial charge in [-0.1, -0.05) is 113 Å². The fourth-order valence-electron chi connectivity index (χ4n) is 4.08. The van der Waals surface area contributed by atoms with Crippen molar-refractivity contribution >= 4 is 39.7 Å². The van der Waals surface area contributed by atoms with Gasteiger partial charge < -0.3 is 0 Å². The van der Waals surface area contributed by atoms with E-state index in [1.54, 1.807) is 5.30 Å². The lowest BCUT2D eigenvalue weighted by Crippen LogP contribution is -2.15. The van der Waals surface area contributed by atoms with E-state index in [1.165, 1.54) is 60.4 Å². The minimum Gasteiger partial charge on any atom is -0.107 e. The molecule has 1 atom stereocenters. The van der Waals surface area contributed by atoms with Gasteiger partial charge in [-0.2, -0.15) is 0 Å². The molecule has 0 aliphatic heterocycles. The molecule has 0 aliphatic carbocycles. The standard InChI is InChI=1S/C28H37P3/c1-3-29(4-2)22-14-23-30(26-16-8-5-9-17-26)24-15-25-31(27-18-10-6-11-19-27)28-20-12-7-13-21-28/h5-13,16-21H,3-4,14-15,22-25H2,1-2H3. The molecule has 0 amide bonds. The highest BCUT2D eigenvalue weighted by atomic mass is 31.1. The zero-order valence-corrected chi connectivity index (χ0v) is 21.8. The third kappa shape index (κ3) is 8.10. The summed E-state index contributed by atoms with van der Waals surface area (Å²) >= 11 is 0. The molecule has 0 N–H and O–H groups in total. The average molecular weight is 467 g/mol. The molecule has 31 heavy (non-hydrogen) atoms. The van der Waals surface area contributed by atoms with Gasteiger partial charge in [0.1, 0.15) is 0 Å². The number of hydrogen-bond acceptors (Lipinski definition) is 0. The van der Waals surface area contributed by atoms with Gasteiger partial charge >= 0.3 is 0 Å². The lowest BCUT2D eigenvalue weighted by Gasteiger charge is -2.23. The third-order valence-electron chi connectivity index (χ3n) is 5.86. The first-order valence-electron chi connectivity index (χ1n) is 11.7. The van der Waals surface area contributed by atoms with E-state index in [0.717, 1.165) is 0 Å². The highest BCUT2D eigenvalue weighted by Gasteiger charge is 2.16. The second-order valence-electron chi connectivity index (χ2n) is 7.88. The first kappa shape index (κ1) is 24.6. The lowest BCUT2D eigenvalue weighted by molar-refractivity contribution is 1.06. The maximum absolute atomic E-state index is 2.38. The summed E-state index contributed by atoms with van der Waals surface area (Å²) in [5.41, 5.74) is 0. The Kier molecular flexibility index (Phi) is 11.2. The van der Waals surface area contributed by atoms with Crippen molar-refractivity contribution in [2.45, 2.75) is 26.7 Å². The molecule has 164 valence electrons. The molecule has 0 radical (unpaired) electrons. The van der Waals surface area contributed by atoms with E-state index in [1.807, 2.05) is 0 Å². The molecule has 0 spiro atoms. The molecule has 0 heterocycles. The Morgan fingerprint density at radius 3 is 1.35 bits per heavy atom. The summed E-state index contributed by atoms with van der Waals surface area (Å²) in [7, 11) is -0.0355.